The van der Waals surface area contributed by atoms with Gasteiger partial charge < -0.3 is 4.74 Å². The molecule has 0 unspecified atom stereocenters. The first kappa shape index (κ1) is 23.4. The Morgan fingerprint density at radius 1 is 0.667 bits per heavy atom. The zero-order valence-electron chi connectivity index (χ0n) is 16.9. The van der Waals surface area contributed by atoms with Crippen molar-refractivity contribution in [2.24, 2.45) is 5.92 Å². The molecule has 0 radical (unpaired) electrons. The van der Waals surface area contributed by atoms with Crippen LogP contribution in [0.2, 0.25) is 0 Å². The maximum atomic E-state index is 5.65. The molecular formula is C23H44O. The number of rotatable bonds is 18. The summed E-state index contributed by atoms with van der Waals surface area (Å²) in [6.45, 7) is 8.67. The van der Waals surface area contributed by atoms with Gasteiger partial charge in [-0.1, -0.05) is 83.6 Å². The third kappa shape index (κ3) is 21.4. The average molecular weight is 337 g/mol. The quantitative estimate of drug-likeness (QED) is 0.183. The molecular weight excluding hydrogens is 292 g/mol. The van der Waals surface area contributed by atoms with E-state index in [4.69, 9.17) is 4.74 Å². The van der Waals surface area contributed by atoms with E-state index in [2.05, 4.69) is 45.1 Å². The van der Waals surface area contributed by atoms with Crippen LogP contribution in [0.15, 0.2) is 24.3 Å². The zero-order valence-corrected chi connectivity index (χ0v) is 16.9. The Kier molecular flexibility index (Phi) is 20.0. The Morgan fingerprint density at radius 3 is 1.88 bits per heavy atom. The normalized spacial score (nSPS) is 12.2. The molecule has 0 heterocycles. The number of hydrogen-bond acceptors (Lipinski definition) is 1. The molecule has 0 aromatic heterocycles. The Hall–Kier alpha value is -0.560. The largest absolute Gasteiger partial charge is 0.381 e. The van der Waals surface area contributed by atoms with Crippen molar-refractivity contribution in [3.05, 3.63) is 24.3 Å². The molecule has 0 rings (SSSR count). The van der Waals surface area contributed by atoms with Gasteiger partial charge in [0.1, 0.15) is 0 Å². The van der Waals surface area contributed by atoms with E-state index in [1.165, 1.54) is 77.0 Å². The van der Waals surface area contributed by atoms with E-state index in [0.29, 0.717) is 0 Å². The lowest BCUT2D eigenvalue weighted by molar-refractivity contribution is 0.119. The molecule has 0 N–H and O–H groups in total. The third-order valence-electron chi connectivity index (χ3n) is 4.33. The van der Waals surface area contributed by atoms with Crippen LogP contribution in [0, 0.1) is 5.92 Å². The Bertz CT molecular complexity index is 278. The molecule has 1 nitrogen and oxygen atoms in total. The summed E-state index contributed by atoms with van der Waals surface area (Å²) in [5.41, 5.74) is 0. The monoisotopic (exact) mass is 336 g/mol. The third-order valence-corrected chi connectivity index (χ3v) is 4.33. The van der Waals surface area contributed by atoms with Gasteiger partial charge in [0, 0.05) is 13.2 Å². The van der Waals surface area contributed by atoms with Crippen molar-refractivity contribution >= 4 is 0 Å². The number of unbranched alkanes of at least 4 members (excludes halogenated alkanes) is 9. The SMILES string of the molecule is CCCCCC=CCC=CCCCCCCCCOCCC(C)C. The van der Waals surface area contributed by atoms with Crippen LogP contribution in [0.5, 0.6) is 0 Å². The summed E-state index contributed by atoms with van der Waals surface area (Å²) in [7, 11) is 0. The lowest BCUT2D eigenvalue weighted by Gasteiger charge is -2.06. The summed E-state index contributed by atoms with van der Waals surface area (Å²) in [5.74, 6) is 0.765. The minimum Gasteiger partial charge on any atom is -0.381 e. The van der Waals surface area contributed by atoms with Crippen molar-refractivity contribution in [3.8, 4) is 0 Å². The molecule has 0 fully saturated rings. The van der Waals surface area contributed by atoms with E-state index in [0.717, 1.165) is 25.6 Å². The van der Waals surface area contributed by atoms with Gasteiger partial charge in [-0.2, -0.15) is 0 Å². The molecule has 0 spiro atoms. The maximum Gasteiger partial charge on any atom is 0.0468 e. The molecule has 0 aliphatic heterocycles. The number of hydrogen-bond donors (Lipinski definition) is 0. The number of allylic oxidation sites excluding steroid dienone is 4. The summed E-state index contributed by atoms with van der Waals surface area (Å²) in [5, 5.41) is 0. The molecule has 0 aromatic rings. The van der Waals surface area contributed by atoms with Crippen molar-refractivity contribution in [1.29, 1.82) is 0 Å². The maximum absolute atomic E-state index is 5.65. The van der Waals surface area contributed by atoms with Crippen LogP contribution in [0.3, 0.4) is 0 Å². The van der Waals surface area contributed by atoms with Crippen LogP contribution in [0.1, 0.15) is 104 Å². The molecule has 0 saturated heterocycles. The van der Waals surface area contributed by atoms with Crippen molar-refractivity contribution in [1.82, 2.24) is 0 Å². The van der Waals surface area contributed by atoms with Crippen LogP contribution in [-0.4, -0.2) is 13.2 Å². The highest BCUT2D eigenvalue weighted by Gasteiger charge is 1.94. The highest BCUT2D eigenvalue weighted by Crippen LogP contribution is 2.08. The Balaban J connectivity index is 3.12. The van der Waals surface area contributed by atoms with Gasteiger partial charge in [-0.25, -0.2) is 0 Å². The van der Waals surface area contributed by atoms with Gasteiger partial charge in [0.15, 0.2) is 0 Å². The predicted molar refractivity (Wildman–Crippen MR) is 110 cm³/mol. The van der Waals surface area contributed by atoms with Gasteiger partial charge >= 0.3 is 0 Å². The molecule has 0 saturated carbocycles. The van der Waals surface area contributed by atoms with E-state index in [-0.39, 0.29) is 0 Å². The van der Waals surface area contributed by atoms with Crippen molar-refractivity contribution in [2.75, 3.05) is 13.2 Å². The molecule has 1 heteroatoms. The van der Waals surface area contributed by atoms with E-state index in [1.54, 1.807) is 0 Å². The average Bonchev–Trinajstić information content (AvgIpc) is 2.56. The molecule has 0 aliphatic carbocycles. The van der Waals surface area contributed by atoms with Gasteiger partial charge in [-0.15, -0.1) is 0 Å². The first-order valence-corrected chi connectivity index (χ1v) is 10.6. The molecule has 24 heavy (non-hydrogen) atoms. The van der Waals surface area contributed by atoms with Crippen LogP contribution in [0.4, 0.5) is 0 Å². The minimum absolute atomic E-state index is 0.765. The second-order valence-corrected chi connectivity index (χ2v) is 7.38. The van der Waals surface area contributed by atoms with Gasteiger partial charge in [0.05, 0.1) is 0 Å². The lowest BCUT2D eigenvalue weighted by Crippen LogP contribution is -2.00. The predicted octanol–water partition coefficient (Wildman–Crippen LogP) is 7.86. The van der Waals surface area contributed by atoms with Crippen molar-refractivity contribution in [2.45, 2.75) is 104 Å². The summed E-state index contributed by atoms with van der Waals surface area (Å²) < 4.78 is 5.65. The number of ether oxygens (including phenoxy) is 1. The fourth-order valence-corrected chi connectivity index (χ4v) is 2.61. The van der Waals surface area contributed by atoms with E-state index >= 15 is 0 Å². The summed E-state index contributed by atoms with van der Waals surface area (Å²) in [4.78, 5) is 0. The lowest BCUT2D eigenvalue weighted by atomic mass is 10.1. The van der Waals surface area contributed by atoms with Gasteiger partial charge in [0.2, 0.25) is 0 Å². The van der Waals surface area contributed by atoms with Crippen molar-refractivity contribution < 1.29 is 4.74 Å². The highest BCUT2D eigenvalue weighted by atomic mass is 16.5. The smallest absolute Gasteiger partial charge is 0.0468 e. The summed E-state index contributed by atoms with van der Waals surface area (Å²) in [6.07, 6.45) is 26.3. The Morgan fingerprint density at radius 2 is 1.25 bits per heavy atom. The highest BCUT2D eigenvalue weighted by molar-refractivity contribution is 4.92. The second kappa shape index (κ2) is 20.5. The topological polar surface area (TPSA) is 9.23 Å². The minimum atomic E-state index is 0.765. The molecule has 0 aromatic carbocycles. The van der Waals surface area contributed by atoms with Crippen LogP contribution < -0.4 is 0 Å². The van der Waals surface area contributed by atoms with Gasteiger partial charge in [-0.05, 0) is 50.9 Å². The fourth-order valence-electron chi connectivity index (χ4n) is 2.61. The van der Waals surface area contributed by atoms with Gasteiger partial charge in [-0.3, -0.25) is 0 Å². The zero-order chi connectivity index (χ0) is 17.7. The van der Waals surface area contributed by atoms with Crippen LogP contribution in [0.25, 0.3) is 0 Å². The molecule has 0 amide bonds. The standard InChI is InChI=1S/C23H44O/c1-4-5-6-7-8-9-10-11-12-13-14-15-16-17-18-19-21-24-22-20-23(2)3/h8-9,11-12,23H,4-7,10,13-22H2,1-3H3. The fraction of sp³-hybridized carbons (Fsp3) is 0.826. The van der Waals surface area contributed by atoms with E-state index in [9.17, 15) is 0 Å². The van der Waals surface area contributed by atoms with Crippen LogP contribution in [-0.2, 0) is 4.74 Å². The van der Waals surface area contributed by atoms with Gasteiger partial charge in [0.25, 0.3) is 0 Å². The van der Waals surface area contributed by atoms with Crippen LogP contribution >= 0.6 is 0 Å². The first-order chi connectivity index (χ1) is 11.8. The molecule has 0 atom stereocenters. The van der Waals surface area contributed by atoms with Crippen molar-refractivity contribution in [3.63, 3.8) is 0 Å². The Labute approximate surface area is 153 Å². The summed E-state index contributed by atoms with van der Waals surface area (Å²) in [6, 6.07) is 0. The van der Waals surface area contributed by atoms with E-state index < -0.39 is 0 Å². The molecule has 0 aliphatic rings. The summed E-state index contributed by atoms with van der Waals surface area (Å²) >= 11 is 0. The molecule has 142 valence electrons. The molecule has 0 bridgehead atoms. The second-order valence-electron chi connectivity index (χ2n) is 7.38. The van der Waals surface area contributed by atoms with E-state index in [1.807, 2.05) is 0 Å². The first-order valence-electron chi connectivity index (χ1n) is 10.6.